The summed E-state index contributed by atoms with van der Waals surface area (Å²) in [7, 11) is 1.81. The Kier molecular flexibility index (Phi) is 9.31. The van der Waals surface area contributed by atoms with Crippen molar-refractivity contribution in [2.75, 3.05) is 51.3 Å². The van der Waals surface area contributed by atoms with E-state index in [4.69, 9.17) is 4.74 Å². The van der Waals surface area contributed by atoms with Gasteiger partial charge in [-0.05, 0) is 37.2 Å². The number of nitrogens with zero attached hydrogens (tertiary/aromatic N) is 4. The number of hydrogen-bond acceptors (Lipinski definition) is 5. The van der Waals surface area contributed by atoms with Crippen molar-refractivity contribution in [1.82, 2.24) is 20.5 Å². The van der Waals surface area contributed by atoms with Gasteiger partial charge in [-0.25, -0.2) is 4.98 Å². The molecule has 2 atom stereocenters. The SMILES string of the molecule is CCN(CC)C(CNC(=NC)NCc1ccc(N2CCOC(C)C2)nc1)c1ccccc1. The normalized spacial score (nSPS) is 18.0. The van der Waals surface area contributed by atoms with E-state index in [1.54, 1.807) is 0 Å². The number of pyridine rings is 1. The highest BCUT2D eigenvalue weighted by Crippen LogP contribution is 2.19. The first kappa shape index (κ1) is 24.0. The Balaban J connectivity index is 1.54. The van der Waals surface area contributed by atoms with E-state index in [0.717, 1.165) is 56.7 Å². The van der Waals surface area contributed by atoms with Gasteiger partial charge >= 0.3 is 0 Å². The molecule has 0 radical (unpaired) electrons. The molecule has 3 rings (SSSR count). The van der Waals surface area contributed by atoms with E-state index < -0.39 is 0 Å². The van der Waals surface area contributed by atoms with Crippen molar-refractivity contribution in [3.63, 3.8) is 0 Å². The largest absolute Gasteiger partial charge is 0.375 e. The average Bonchev–Trinajstić information content (AvgIpc) is 2.84. The molecule has 2 heterocycles. The summed E-state index contributed by atoms with van der Waals surface area (Å²) in [6, 6.07) is 15.2. The van der Waals surface area contributed by atoms with Crippen molar-refractivity contribution in [1.29, 1.82) is 0 Å². The fraction of sp³-hybridized carbons (Fsp3) is 0.520. The molecule has 1 aliphatic rings. The summed E-state index contributed by atoms with van der Waals surface area (Å²) in [5.74, 6) is 1.81. The topological polar surface area (TPSA) is 65.0 Å². The standard InChI is InChI=1S/C25H38N6O/c1-5-30(6-2)23(22-10-8-7-9-11-22)18-29-25(26-4)28-17-21-12-13-24(27-16-21)31-14-15-32-20(3)19-31/h7-13,16,20,23H,5-6,14-15,17-19H2,1-4H3,(H2,26,28,29). The van der Waals surface area contributed by atoms with E-state index in [-0.39, 0.29) is 6.10 Å². The molecule has 0 bridgehead atoms. The lowest BCUT2D eigenvalue weighted by molar-refractivity contribution is 0.0529. The Hall–Kier alpha value is -2.64. The lowest BCUT2D eigenvalue weighted by Crippen LogP contribution is -2.43. The predicted molar refractivity (Wildman–Crippen MR) is 132 cm³/mol. The summed E-state index contributed by atoms with van der Waals surface area (Å²) < 4.78 is 5.62. The summed E-state index contributed by atoms with van der Waals surface area (Å²) in [5, 5.41) is 6.93. The molecule has 1 saturated heterocycles. The van der Waals surface area contributed by atoms with E-state index in [1.165, 1.54) is 5.56 Å². The summed E-state index contributed by atoms with van der Waals surface area (Å²) in [4.78, 5) is 13.8. The summed E-state index contributed by atoms with van der Waals surface area (Å²) in [5.41, 5.74) is 2.44. The molecule has 2 unspecified atom stereocenters. The quantitative estimate of drug-likeness (QED) is 0.463. The predicted octanol–water partition coefficient (Wildman–Crippen LogP) is 3.05. The second-order valence-corrected chi connectivity index (χ2v) is 8.11. The summed E-state index contributed by atoms with van der Waals surface area (Å²) >= 11 is 0. The van der Waals surface area contributed by atoms with Gasteiger partial charge in [-0.1, -0.05) is 50.2 Å². The van der Waals surface area contributed by atoms with Crippen LogP contribution in [0.3, 0.4) is 0 Å². The third-order valence-electron chi connectivity index (χ3n) is 5.96. The van der Waals surface area contributed by atoms with Crippen LogP contribution in [-0.4, -0.2) is 68.3 Å². The number of aliphatic imine (C=N–C) groups is 1. The second kappa shape index (κ2) is 12.4. The zero-order chi connectivity index (χ0) is 22.8. The zero-order valence-corrected chi connectivity index (χ0v) is 19.9. The highest BCUT2D eigenvalue weighted by atomic mass is 16.5. The molecule has 0 amide bonds. The highest BCUT2D eigenvalue weighted by molar-refractivity contribution is 5.79. The Bertz CT molecular complexity index is 822. The molecule has 7 nitrogen and oxygen atoms in total. The molecule has 174 valence electrons. The van der Waals surface area contributed by atoms with Crippen LogP contribution in [0.2, 0.25) is 0 Å². The number of benzene rings is 1. The van der Waals surface area contributed by atoms with Crippen molar-refractivity contribution in [2.24, 2.45) is 4.99 Å². The lowest BCUT2D eigenvalue weighted by atomic mass is 10.1. The fourth-order valence-electron chi connectivity index (χ4n) is 4.13. The van der Waals surface area contributed by atoms with Crippen LogP contribution >= 0.6 is 0 Å². The Morgan fingerprint density at radius 3 is 2.59 bits per heavy atom. The minimum Gasteiger partial charge on any atom is -0.375 e. The summed E-state index contributed by atoms with van der Waals surface area (Å²) in [6.45, 7) is 12.5. The van der Waals surface area contributed by atoms with Crippen LogP contribution in [0.4, 0.5) is 5.82 Å². The van der Waals surface area contributed by atoms with Gasteiger partial charge in [0.05, 0.1) is 18.8 Å². The van der Waals surface area contributed by atoms with Gasteiger partial charge in [0.15, 0.2) is 5.96 Å². The fourth-order valence-corrected chi connectivity index (χ4v) is 4.13. The molecular weight excluding hydrogens is 400 g/mol. The number of morpholine rings is 1. The van der Waals surface area contributed by atoms with Gasteiger partial charge in [0.25, 0.3) is 0 Å². The molecule has 2 N–H and O–H groups in total. The van der Waals surface area contributed by atoms with E-state index in [2.05, 4.69) is 93.6 Å². The molecule has 7 heteroatoms. The van der Waals surface area contributed by atoms with E-state index >= 15 is 0 Å². The van der Waals surface area contributed by atoms with Gasteiger partial charge < -0.3 is 20.3 Å². The number of anilines is 1. The van der Waals surface area contributed by atoms with Crippen LogP contribution in [-0.2, 0) is 11.3 Å². The van der Waals surface area contributed by atoms with E-state index in [1.807, 2.05) is 13.2 Å². The maximum atomic E-state index is 5.62. The summed E-state index contributed by atoms with van der Waals surface area (Å²) in [6.07, 6.45) is 2.19. The van der Waals surface area contributed by atoms with Crippen molar-refractivity contribution in [3.05, 3.63) is 59.8 Å². The molecule has 0 spiro atoms. The number of aromatic nitrogens is 1. The maximum Gasteiger partial charge on any atom is 0.191 e. The van der Waals surface area contributed by atoms with Crippen molar-refractivity contribution >= 4 is 11.8 Å². The molecule has 1 aliphatic heterocycles. The van der Waals surface area contributed by atoms with Gasteiger partial charge in [-0.15, -0.1) is 0 Å². The van der Waals surface area contributed by atoms with E-state index in [9.17, 15) is 0 Å². The van der Waals surface area contributed by atoms with Crippen molar-refractivity contribution < 1.29 is 4.74 Å². The van der Waals surface area contributed by atoms with Gasteiger partial charge in [-0.3, -0.25) is 9.89 Å². The molecule has 1 fully saturated rings. The molecule has 1 aromatic carbocycles. The first-order valence-electron chi connectivity index (χ1n) is 11.7. The maximum absolute atomic E-state index is 5.62. The van der Waals surface area contributed by atoms with Gasteiger partial charge in [0, 0.05) is 39.4 Å². The average molecular weight is 439 g/mol. The van der Waals surface area contributed by atoms with Gasteiger partial charge in [0.2, 0.25) is 0 Å². The Morgan fingerprint density at radius 1 is 1.19 bits per heavy atom. The molecular formula is C25H38N6O. The number of ether oxygens (including phenoxy) is 1. The van der Waals surface area contributed by atoms with Crippen LogP contribution in [0, 0.1) is 0 Å². The molecule has 2 aromatic rings. The number of hydrogen-bond donors (Lipinski definition) is 2. The van der Waals surface area contributed by atoms with E-state index in [0.29, 0.717) is 12.6 Å². The first-order valence-corrected chi connectivity index (χ1v) is 11.7. The Labute approximate surface area is 192 Å². The van der Waals surface area contributed by atoms with Crippen molar-refractivity contribution in [3.8, 4) is 0 Å². The smallest absolute Gasteiger partial charge is 0.191 e. The van der Waals surface area contributed by atoms with Crippen molar-refractivity contribution in [2.45, 2.75) is 39.5 Å². The first-order chi connectivity index (χ1) is 15.6. The lowest BCUT2D eigenvalue weighted by Gasteiger charge is -2.32. The minimum absolute atomic E-state index is 0.248. The van der Waals surface area contributed by atoms with Crippen LogP contribution in [0.25, 0.3) is 0 Å². The number of nitrogens with one attached hydrogen (secondary N) is 2. The van der Waals surface area contributed by atoms with Crippen LogP contribution in [0.1, 0.15) is 37.9 Å². The van der Waals surface area contributed by atoms with Crippen LogP contribution in [0.15, 0.2) is 53.7 Å². The third kappa shape index (κ3) is 6.68. The molecule has 0 saturated carbocycles. The number of rotatable bonds is 9. The molecule has 0 aliphatic carbocycles. The van der Waals surface area contributed by atoms with Crippen LogP contribution < -0.4 is 15.5 Å². The minimum atomic E-state index is 0.248. The molecule has 1 aromatic heterocycles. The monoisotopic (exact) mass is 438 g/mol. The zero-order valence-electron chi connectivity index (χ0n) is 19.9. The Morgan fingerprint density at radius 2 is 1.97 bits per heavy atom. The second-order valence-electron chi connectivity index (χ2n) is 8.11. The van der Waals surface area contributed by atoms with Crippen LogP contribution in [0.5, 0.6) is 0 Å². The third-order valence-corrected chi connectivity index (χ3v) is 5.96. The number of likely N-dealkylation sites (N-methyl/N-ethyl adjacent to an activating group) is 1. The van der Waals surface area contributed by atoms with Gasteiger partial charge in [-0.2, -0.15) is 0 Å². The highest BCUT2D eigenvalue weighted by Gasteiger charge is 2.19. The molecule has 32 heavy (non-hydrogen) atoms. The number of guanidine groups is 1. The van der Waals surface area contributed by atoms with Gasteiger partial charge in [0.1, 0.15) is 5.82 Å².